The highest BCUT2D eigenvalue weighted by molar-refractivity contribution is 7.92. The normalized spacial score (nSPS) is 13.0. The average Bonchev–Trinajstić information content (AvgIpc) is 2.35. The maximum atomic E-state index is 12.2. The molecule has 0 radical (unpaired) electrons. The van der Waals surface area contributed by atoms with E-state index in [1.807, 2.05) is 52.8 Å². The summed E-state index contributed by atoms with van der Waals surface area (Å²) in [5.74, 6) is -0.00916. The average molecular weight is 326 g/mol. The molecule has 1 atom stereocenters. The van der Waals surface area contributed by atoms with Gasteiger partial charge in [-0.2, -0.15) is 0 Å². The summed E-state index contributed by atoms with van der Waals surface area (Å²) in [5, 5.41) is 2.85. The van der Waals surface area contributed by atoms with Gasteiger partial charge in [0, 0.05) is 6.04 Å². The van der Waals surface area contributed by atoms with Gasteiger partial charge in [0.2, 0.25) is 15.9 Å². The number of hydrogen-bond acceptors (Lipinski definition) is 3. The molecule has 6 heteroatoms. The van der Waals surface area contributed by atoms with Gasteiger partial charge in [0.05, 0.1) is 11.9 Å². The van der Waals surface area contributed by atoms with Crippen LogP contribution in [-0.4, -0.2) is 33.2 Å². The van der Waals surface area contributed by atoms with Crippen molar-refractivity contribution in [2.45, 2.75) is 40.7 Å². The Morgan fingerprint density at radius 1 is 1.18 bits per heavy atom. The molecule has 1 aromatic rings. The predicted octanol–water partition coefficient (Wildman–Crippen LogP) is 2.23. The minimum Gasteiger partial charge on any atom is -0.352 e. The molecule has 124 valence electrons. The summed E-state index contributed by atoms with van der Waals surface area (Å²) in [6.07, 6.45) is 1.12. The molecular weight excluding hydrogens is 300 g/mol. The molecule has 1 amide bonds. The van der Waals surface area contributed by atoms with Gasteiger partial charge < -0.3 is 5.32 Å². The van der Waals surface area contributed by atoms with Crippen LogP contribution < -0.4 is 9.62 Å². The van der Waals surface area contributed by atoms with E-state index in [1.165, 1.54) is 4.31 Å². The first-order chi connectivity index (χ1) is 10.0. The summed E-state index contributed by atoms with van der Waals surface area (Å²) in [4.78, 5) is 12.2. The number of carbonyl (C=O) groups excluding carboxylic acids is 1. The Balaban J connectivity index is 3.09. The molecule has 0 aliphatic carbocycles. The van der Waals surface area contributed by atoms with Crippen LogP contribution in [0.4, 0.5) is 5.69 Å². The Kier molecular flexibility index (Phi) is 6.00. The van der Waals surface area contributed by atoms with E-state index in [0.29, 0.717) is 5.69 Å². The van der Waals surface area contributed by atoms with Crippen molar-refractivity contribution in [3.05, 3.63) is 29.3 Å². The smallest absolute Gasteiger partial charge is 0.240 e. The zero-order chi connectivity index (χ0) is 17.1. The van der Waals surface area contributed by atoms with Crippen LogP contribution in [0.5, 0.6) is 0 Å². The van der Waals surface area contributed by atoms with Crippen LogP contribution >= 0.6 is 0 Å². The fraction of sp³-hybridized carbons (Fsp3) is 0.562. The number of anilines is 1. The molecule has 0 saturated carbocycles. The Bertz CT molecular complexity index is 619. The molecule has 1 rings (SSSR count). The maximum absolute atomic E-state index is 12.2. The van der Waals surface area contributed by atoms with Crippen molar-refractivity contribution in [2.24, 2.45) is 5.92 Å². The SMILES string of the molecule is Cc1cccc(C)c1N(CC(=O)N[C@@H](C)C(C)C)S(C)(=O)=O. The first-order valence-electron chi connectivity index (χ1n) is 7.37. The zero-order valence-electron chi connectivity index (χ0n) is 14.2. The molecule has 0 unspecified atom stereocenters. The summed E-state index contributed by atoms with van der Waals surface area (Å²) in [5.41, 5.74) is 2.24. The predicted molar refractivity (Wildman–Crippen MR) is 90.5 cm³/mol. The van der Waals surface area contributed by atoms with Crippen molar-refractivity contribution in [3.63, 3.8) is 0 Å². The quantitative estimate of drug-likeness (QED) is 0.872. The summed E-state index contributed by atoms with van der Waals surface area (Å²) < 4.78 is 25.5. The third-order valence-corrected chi connectivity index (χ3v) is 4.88. The van der Waals surface area contributed by atoms with Crippen LogP contribution in [0.2, 0.25) is 0 Å². The van der Waals surface area contributed by atoms with Gasteiger partial charge >= 0.3 is 0 Å². The molecule has 0 bridgehead atoms. The highest BCUT2D eigenvalue weighted by Crippen LogP contribution is 2.26. The van der Waals surface area contributed by atoms with Crippen molar-refractivity contribution in [1.82, 2.24) is 5.32 Å². The zero-order valence-corrected chi connectivity index (χ0v) is 15.0. The molecule has 0 aliphatic rings. The topological polar surface area (TPSA) is 66.5 Å². The van der Waals surface area contributed by atoms with E-state index < -0.39 is 10.0 Å². The Hall–Kier alpha value is -1.56. The molecule has 0 saturated heterocycles. The minimum absolute atomic E-state index is 0.00752. The summed E-state index contributed by atoms with van der Waals surface area (Å²) in [6, 6.07) is 5.55. The number of sulfonamides is 1. The Morgan fingerprint density at radius 2 is 1.68 bits per heavy atom. The summed E-state index contributed by atoms with van der Waals surface area (Å²) >= 11 is 0. The molecule has 1 aromatic carbocycles. The van der Waals surface area contributed by atoms with Crippen LogP contribution in [0.25, 0.3) is 0 Å². The molecule has 0 aromatic heterocycles. The van der Waals surface area contributed by atoms with Crippen molar-refractivity contribution < 1.29 is 13.2 Å². The highest BCUT2D eigenvalue weighted by Gasteiger charge is 2.24. The first-order valence-corrected chi connectivity index (χ1v) is 9.22. The standard InChI is InChI=1S/C16H26N2O3S/c1-11(2)14(5)17-15(19)10-18(22(6,20)21)16-12(3)8-7-9-13(16)4/h7-9,11,14H,10H2,1-6H3,(H,17,19)/t14-/m0/s1. The van der Waals surface area contributed by atoms with Crippen molar-refractivity contribution in [1.29, 1.82) is 0 Å². The molecule has 0 heterocycles. The van der Waals surface area contributed by atoms with Gasteiger partial charge in [-0.3, -0.25) is 9.10 Å². The molecule has 0 spiro atoms. The largest absolute Gasteiger partial charge is 0.352 e. The van der Waals surface area contributed by atoms with Crippen LogP contribution in [0, 0.1) is 19.8 Å². The third-order valence-electron chi connectivity index (χ3n) is 3.77. The summed E-state index contributed by atoms with van der Waals surface area (Å²) in [7, 11) is -3.54. The fourth-order valence-corrected chi connectivity index (χ4v) is 3.13. The van der Waals surface area contributed by atoms with E-state index in [2.05, 4.69) is 5.32 Å². The van der Waals surface area contributed by atoms with Crippen molar-refractivity contribution in [2.75, 3.05) is 17.1 Å². The number of rotatable bonds is 6. The molecular formula is C16H26N2O3S. The lowest BCUT2D eigenvalue weighted by Crippen LogP contribution is -2.45. The fourth-order valence-electron chi connectivity index (χ4n) is 2.16. The number of benzene rings is 1. The number of aryl methyl sites for hydroxylation is 2. The van der Waals surface area contributed by atoms with Gasteiger partial charge in [-0.05, 0) is 37.8 Å². The molecule has 5 nitrogen and oxygen atoms in total. The Morgan fingerprint density at radius 3 is 2.09 bits per heavy atom. The van der Waals surface area contributed by atoms with Crippen LogP contribution in [0.1, 0.15) is 31.9 Å². The Labute approximate surface area is 133 Å². The number of hydrogen-bond donors (Lipinski definition) is 1. The summed E-state index contributed by atoms with van der Waals surface area (Å²) in [6.45, 7) is 9.40. The number of nitrogens with zero attached hydrogens (tertiary/aromatic N) is 1. The number of para-hydroxylation sites is 1. The molecule has 22 heavy (non-hydrogen) atoms. The highest BCUT2D eigenvalue weighted by atomic mass is 32.2. The number of amides is 1. The molecule has 0 fully saturated rings. The minimum atomic E-state index is -3.54. The lowest BCUT2D eigenvalue weighted by Gasteiger charge is -2.26. The van der Waals surface area contributed by atoms with Crippen molar-refractivity contribution in [3.8, 4) is 0 Å². The van der Waals surface area contributed by atoms with Gasteiger partial charge in [-0.15, -0.1) is 0 Å². The van der Waals surface area contributed by atoms with Gasteiger partial charge in [-0.1, -0.05) is 32.0 Å². The van der Waals surface area contributed by atoms with E-state index in [4.69, 9.17) is 0 Å². The monoisotopic (exact) mass is 326 g/mol. The third kappa shape index (κ3) is 4.73. The maximum Gasteiger partial charge on any atom is 0.240 e. The van der Waals surface area contributed by atoms with Gasteiger partial charge in [0.25, 0.3) is 0 Å². The second kappa shape index (κ2) is 7.13. The second-order valence-corrected chi connectivity index (χ2v) is 8.02. The van der Waals surface area contributed by atoms with Crippen molar-refractivity contribution >= 4 is 21.6 Å². The van der Waals surface area contributed by atoms with E-state index >= 15 is 0 Å². The van der Waals surface area contributed by atoms with Gasteiger partial charge in [0.15, 0.2) is 0 Å². The molecule has 1 N–H and O–H groups in total. The lowest BCUT2D eigenvalue weighted by molar-refractivity contribution is -0.120. The van der Waals surface area contributed by atoms with Crippen LogP contribution in [0.15, 0.2) is 18.2 Å². The number of carbonyl (C=O) groups is 1. The van der Waals surface area contributed by atoms with Gasteiger partial charge in [0.1, 0.15) is 6.54 Å². The van der Waals surface area contributed by atoms with E-state index in [9.17, 15) is 13.2 Å². The lowest BCUT2D eigenvalue weighted by atomic mass is 10.1. The van der Waals surface area contributed by atoms with E-state index in [-0.39, 0.29) is 24.4 Å². The second-order valence-electron chi connectivity index (χ2n) is 6.11. The van der Waals surface area contributed by atoms with Gasteiger partial charge in [-0.25, -0.2) is 8.42 Å². The first kappa shape index (κ1) is 18.5. The number of nitrogens with one attached hydrogen (secondary N) is 1. The molecule has 0 aliphatic heterocycles. The van der Waals surface area contributed by atoms with E-state index in [0.717, 1.165) is 17.4 Å². The van der Waals surface area contributed by atoms with Crippen LogP contribution in [0.3, 0.4) is 0 Å². The van der Waals surface area contributed by atoms with E-state index in [1.54, 1.807) is 0 Å². The van der Waals surface area contributed by atoms with Crippen LogP contribution in [-0.2, 0) is 14.8 Å².